The van der Waals surface area contributed by atoms with Gasteiger partial charge < -0.3 is 5.32 Å². The molecule has 1 N–H and O–H groups in total. The highest BCUT2D eigenvalue weighted by atomic mass is 15.1. The molecule has 0 spiro atoms. The molecule has 0 aliphatic carbocycles. The first-order valence-corrected chi connectivity index (χ1v) is 8.48. The third-order valence-corrected chi connectivity index (χ3v) is 4.10. The van der Waals surface area contributed by atoms with Crippen LogP contribution < -0.4 is 5.32 Å². The van der Waals surface area contributed by atoms with Crippen molar-refractivity contribution in [1.29, 1.82) is 0 Å². The van der Waals surface area contributed by atoms with Crippen LogP contribution in [0.15, 0.2) is 18.3 Å². The van der Waals surface area contributed by atoms with Gasteiger partial charge in [-0.15, -0.1) is 0 Å². The third-order valence-electron chi connectivity index (χ3n) is 4.10. The molecule has 1 aromatic heterocycles. The molecular formula is C18H33N3. The van der Waals surface area contributed by atoms with Crippen LogP contribution in [0.2, 0.25) is 0 Å². The summed E-state index contributed by atoms with van der Waals surface area (Å²) in [6, 6.07) is 4.88. The fourth-order valence-corrected chi connectivity index (χ4v) is 2.42. The van der Waals surface area contributed by atoms with E-state index in [9.17, 15) is 0 Å². The topological polar surface area (TPSA) is 28.2 Å². The summed E-state index contributed by atoms with van der Waals surface area (Å²) in [6.45, 7) is 15.3. The summed E-state index contributed by atoms with van der Waals surface area (Å²) in [6.07, 6.45) is 4.54. The van der Waals surface area contributed by atoms with Crippen molar-refractivity contribution < 1.29 is 0 Å². The maximum absolute atomic E-state index is 4.62. The molecule has 0 amide bonds. The number of nitrogens with one attached hydrogen (secondary N) is 1. The van der Waals surface area contributed by atoms with E-state index in [2.05, 4.69) is 62.0 Å². The molecule has 1 heterocycles. The van der Waals surface area contributed by atoms with Crippen LogP contribution in [0.3, 0.4) is 0 Å². The normalized spacial score (nSPS) is 11.8. The summed E-state index contributed by atoms with van der Waals surface area (Å²) in [7, 11) is 0. The zero-order chi connectivity index (χ0) is 15.7. The third kappa shape index (κ3) is 7.05. The fraction of sp³-hybridized carbons (Fsp3) is 0.722. The van der Waals surface area contributed by atoms with Gasteiger partial charge in [-0.1, -0.05) is 53.5 Å². The van der Waals surface area contributed by atoms with Crippen molar-refractivity contribution in [2.24, 2.45) is 5.92 Å². The number of aromatic nitrogens is 1. The first-order valence-electron chi connectivity index (χ1n) is 8.48. The summed E-state index contributed by atoms with van der Waals surface area (Å²) in [4.78, 5) is 7.13. The average molecular weight is 291 g/mol. The van der Waals surface area contributed by atoms with Crippen molar-refractivity contribution in [3.8, 4) is 0 Å². The maximum atomic E-state index is 4.62. The molecule has 0 unspecified atom stereocenters. The van der Waals surface area contributed by atoms with Crippen LogP contribution in [-0.4, -0.2) is 29.0 Å². The van der Waals surface area contributed by atoms with Gasteiger partial charge in [-0.2, -0.15) is 0 Å². The molecule has 0 fully saturated rings. The molecule has 0 aliphatic rings. The van der Waals surface area contributed by atoms with Gasteiger partial charge in [0.05, 0.1) is 5.69 Å². The highest BCUT2D eigenvalue weighted by Crippen LogP contribution is 2.12. The smallest absolute Gasteiger partial charge is 0.0544 e. The minimum absolute atomic E-state index is 0.514. The van der Waals surface area contributed by atoms with Crippen LogP contribution >= 0.6 is 0 Å². The van der Waals surface area contributed by atoms with E-state index in [1.807, 2.05) is 6.20 Å². The van der Waals surface area contributed by atoms with E-state index in [0.29, 0.717) is 6.04 Å². The van der Waals surface area contributed by atoms with Gasteiger partial charge >= 0.3 is 0 Å². The van der Waals surface area contributed by atoms with Crippen molar-refractivity contribution in [3.63, 3.8) is 0 Å². The minimum atomic E-state index is 0.514. The molecule has 0 saturated heterocycles. The first-order chi connectivity index (χ1) is 10.1. The maximum Gasteiger partial charge on any atom is 0.0544 e. The first kappa shape index (κ1) is 18.1. The highest BCUT2D eigenvalue weighted by molar-refractivity contribution is 5.14. The van der Waals surface area contributed by atoms with E-state index >= 15 is 0 Å². The van der Waals surface area contributed by atoms with E-state index in [-0.39, 0.29) is 0 Å². The zero-order valence-electron chi connectivity index (χ0n) is 14.5. The van der Waals surface area contributed by atoms with Crippen molar-refractivity contribution in [1.82, 2.24) is 15.2 Å². The summed E-state index contributed by atoms with van der Waals surface area (Å²) in [5.41, 5.74) is 2.44. The number of hydrogen-bond donors (Lipinski definition) is 1. The molecule has 3 heteroatoms. The van der Waals surface area contributed by atoms with Crippen molar-refractivity contribution >= 4 is 0 Å². The van der Waals surface area contributed by atoms with Crippen LogP contribution in [0.5, 0.6) is 0 Å². The van der Waals surface area contributed by atoms with Crippen molar-refractivity contribution in [3.05, 3.63) is 29.6 Å². The van der Waals surface area contributed by atoms with Crippen LogP contribution in [0, 0.1) is 5.92 Å². The van der Waals surface area contributed by atoms with Gasteiger partial charge in [0.1, 0.15) is 0 Å². The lowest BCUT2D eigenvalue weighted by molar-refractivity contribution is 0.224. The Morgan fingerprint density at radius 3 is 2.33 bits per heavy atom. The Morgan fingerprint density at radius 1 is 1.14 bits per heavy atom. The molecule has 0 aliphatic heterocycles. The van der Waals surface area contributed by atoms with Gasteiger partial charge in [-0.05, 0) is 24.1 Å². The molecule has 3 nitrogen and oxygen atoms in total. The number of hydrogen-bond acceptors (Lipinski definition) is 3. The Bertz CT molecular complexity index is 369. The lowest BCUT2D eigenvalue weighted by atomic mass is 10.0. The number of pyridine rings is 1. The second-order valence-corrected chi connectivity index (χ2v) is 6.20. The molecule has 0 saturated carbocycles. The lowest BCUT2D eigenvalue weighted by Crippen LogP contribution is -2.29. The predicted octanol–water partition coefficient (Wildman–Crippen LogP) is 3.84. The Kier molecular flexibility index (Phi) is 8.55. The monoisotopic (exact) mass is 291 g/mol. The highest BCUT2D eigenvalue weighted by Gasteiger charge is 2.11. The van der Waals surface area contributed by atoms with Gasteiger partial charge in [0.15, 0.2) is 0 Å². The standard InChI is InChI=1S/C18H33N3/c1-6-16(7-2)13-21(8-3)14-18-10-9-17(12-20-18)11-19-15(4)5/h9-10,12,15-16,19H,6-8,11,13-14H2,1-5H3. The van der Waals surface area contributed by atoms with E-state index in [4.69, 9.17) is 0 Å². The molecule has 0 atom stereocenters. The molecule has 1 rings (SSSR count). The van der Waals surface area contributed by atoms with Crippen LogP contribution in [0.25, 0.3) is 0 Å². The van der Waals surface area contributed by atoms with Gasteiger partial charge in [0.25, 0.3) is 0 Å². The average Bonchev–Trinajstić information content (AvgIpc) is 2.50. The second-order valence-electron chi connectivity index (χ2n) is 6.20. The van der Waals surface area contributed by atoms with Crippen LogP contribution in [0.4, 0.5) is 0 Å². The Balaban J connectivity index is 2.52. The molecule has 21 heavy (non-hydrogen) atoms. The van der Waals surface area contributed by atoms with Gasteiger partial charge in [0, 0.05) is 31.9 Å². The number of nitrogens with zero attached hydrogens (tertiary/aromatic N) is 2. The summed E-state index contributed by atoms with van der Waals surface area (Å²) in [5.74, 6) is 0.805. The molecule has 120 valence electrons. The van der Waals surface area contributed by atoms with Gasteiger partial charge in [-0.3, -0.25) is 9.88 Å². The summed E-state index contributed by atoms with van der Waals surface area (Å²) >= 11 is 0. The SMILES string of the molecule is CCC(CC)CN(CC)Cc1ccc(CNC(C)C)cn1. The van der Waals surface area contributed by atoms with E-state index in [0.717, 1.165) is 25.6 Å². The largest absolute Gasteiger partial charge is 0.310 e. The summed E-state index contributed by atoms with van der Waals surface area (Å²) < 4.78 is 0. The van der Waals surface area contributed by atoms with Gasteiger partial charge in [0.2, 0.25) is 0 Å². The number of rotatable bonds is 10. The zero-order valence-corrected chi connectivity index (χ0v) is 14.5. The Morgan fingerprint density at radius 2 is 1.86 bits per heavy atom. The van der Waals surface area contributed by atoms with Crippen molar-refractivity contribution in [2.45, 2.75) is 66.6 Å². The van der Waals surface area contributed by atoms with E-state index in [1.54, 1.807) is 0 Å². The lowest BCUT2D eigenvalue weighted by Gasteiger charge is -2.24. The molecule has 0 bridgehead atoms. The molecule has 0 aromatic carbocycles. The van der Waals surface area contributed by atoms with Crippen molar-refractivity contribution in [2.75, 3.05) is 13.1 Å². The van der Waals surface area contributed by atoms with E-state index < -0.39 is 0 Å². The second kappa shape index (κ2) is 9.91. The quantitative estimate of drug-likeness (QED) is 0.710. The van der Waals surface area contributed by atoms with Crippen LogP contribution in [0.1, 0.15) is 58.7 Å². The van der Waals surface area contributed by atoms with E-state index in [1.165, 1.54) is 30.6 Å². The predicted molar refractivity (Wildman–Crippen MR) is 91.2 cm³/mol. The van der Waals surface area contributed by atoms with Gasteiger partial charge in [-0.25, -0.2) is 0 Å². The Hall–Kier alpha value is -0.930. The Labute approximate surface area is 131 Å². The van der Waals surface area contributed by atoms with Crippen LogP contribution in [-0.2, 0) is 13.1 Å². The molecule has 1 aromatic rings. The fourth-order valence-electron chi connectivity index (χ4n) is 2.42. The molecular weight excluding hydrogens is 258 g/mol. The summed E-state index contributed by atoms with van der Waals surface area (Å²) in [5, 5.41) is 3.42. The minimum Gasteiger partial charge on any atom is -0.310 e. The molecule has 0 radical (unpaired) electrons.